The van der Waals surface area contributed by atoms with Crippen LogP contribution in [0.25, 0.3) is 10.6 Å². The highest BCUT2D eigenvalue weighted by Crippen LogP contribution is 2.26. The van der Waals surface area contributed by atoms with E-state index in [1.807, 2.05) is 31.2 Å². The topological polar surface area (TPSA) is 84.0 Å². The average molecular weight is 360 g/mol. The van der Waals surface area contributed by atoms with Gasteiger partial charge in [-0.1, -0.05) is 54.9 Å². The van der Waals surface area contributed by atoms with E-state index in [4.69, 9.17) is 0 Å². The maximum Gasteiger partial charge on any atom is 0.248 e. The summed E-state index contributed by atoms with van der Waals surface area (Å²) in [7, 11) is 0. The van der Waals surface area contributed by atoms with E-state index in [0.717, 1.165) is 35.4 Å². The summed E-state index contributed by atoms with van der Waals surface area (Å²) in [5.41, 5.74) is 2.10. The Labute approximate surface area is 152 Å². The molecule has 0 aliphatic carbocycles. The van der Waals surface area contributed by atoms with Crippen LogP contribution in [0.1, 0.15) is 45.1 Å². The fourth-order valence-electron chi connectivity index (χ4n) is 2.30. The summed E-state index contributed by atoms with van der Waals surface area (Å²) in [5.74, 6) is -0.399. The van der Waals surface area contributed by atoms with Crippen molar-refractivity contribution in [2.75, 3.05) is 5.32 Å². The number of nitrogens with one attached hydrogen (secondary N) is 2. The first-order valence-corrected chi connectivity index (χ1v) is 9.32. The van der Waals surface area contributed by atoms with Crippen molar-refractivity contribution in [1.29, 1.82) is 0 Å². The number of aromatic nitrogens is 2. The summed E-state index contributed by atoms with van der Waals surface area (Å²) >= 11 is 1.31. The van der Waals surface area contributed by atoms with Gasteiger partial charge in [0.2, 0.25) is 16.9 Å². The number of anilines is 1. The molecule has 2 aromatic rings. The van der Waals surface area contributed by atoms with Crippen LogP contribution in [0.5, 0.6) is 0 Å². The minimum atomic E-state index is -0.611. The molecule has 6 nitrogen and oxygen atoms in total. The molecule has 0 spiro atoms. The first-order chi connectivity index (χ1) is 12.0. The van der Waals surface area contributed by atoms with Gasteiger partial charge in [0.1, 0.15) is 11.0 Å². The Morgan fingerprint density at radius 2 is 2.04 bits per heavy atom. The number of hydrogen-bond acceptors (Lipinski definition) is 5. The van der Waals surface area contributed by atoms with Gasteiger partial charge in [-0.2, -0.15) is 0 Å². The van der Waals surface area contributed by atoms with Crippen LogP contribution in [-0.4, -0.2) is 28.1 Å². The van der Waals surface area contributed by atoms with Crippen LogP contribution in [0.4, 0.5) is 5.13 Å². The van der Waals surface area contributed by atoms with E-state index < -0.39 is 6.04 Å². The average Bonchev–Trinajstić information content (AvgIpc) is 3.03. The number of benzene rings is 1. The summed E-state index contributed by atoms with van der Waals surface area (Å²) in [6.45, 7) is 5.76. The van der Waals surface area contributed by atoms with Crippen molar-refractivity contribution in [3.8, 4) is 10.6 Å². The smallest absolute Gasteiger partial charge is 0.248 e. The van der Waals surface area contributed by atoms with Gasteiger partial charge < -0.3 is 5.32 Å². The zero-order chi connectivity index (χ0) is 18.2. The fourth-order valence-corrected chi connectivity index (χ4v) is 3.04. The molecule has 0 saturated heterocycles. The van der Waals surface area contributed by atoms with Crippen LogP contribution in [-0.2, 0) is 9.59 Å². The second-order valence-corrected chi connectivity index (χ2v) is 6.99. The van der Waals surface area contributed by atoms with Crippen LogP contribution in [0, 0.1) is 6.92 Å². The molecule has 0 aliphatic rings. The van der Waals surface area contributed by atoms with Crippen molar-refractivity contribution in [2.24, 2.45) is 0 Å². The van der Waals surface area contributed by atoms with E-state index in [1.54, 1.807) is 6.92 Å². The molecule has 0 fully saturated rings. The Morgan fingerprint density at radius 1 is 1.24 bits per heavy atom. The zero-order valence-electron chi connectivity index (χ0n) is 14.8. The van der Waals surface area contributed by atoms with Crippen molar-refractivity contribution in [1.82, 2.24) is 15.5 Å². The van der Waals surface area contributed by atoms with Gasteiger partial charge in [-0.15, -0.1) is 10.2 Å². The first-order valence-electron chi connectivity index (χ1n) is 8.50. The summed E-state index contributed by atoms with van der Waals surface area (Å²) in [6, 6.07) is 7.34. The van der Waals surface area contributed by atoms with Gasteiger partial charge in [-0.3, -0.25) is 14.9 Å². The summed E-state index contributed by atoms with van der Waals surface area (Å²) in [5, 5.41) is 14.7. The van der Waals surface area contributed by atoms with E-state index in [9.17, 15) is 9.59 Å². The number of carbonyl (C=O) groups excluding carboxylic acids is 2. The lowest BCUT2D eigenvalue weighted by atomic mass is 10.1. The number of unbranched alkanes of at least 4 members (excludes halogenated alkanes) is 2. The third kappa shape index (κ3) is 5.94. The highest BCUT2D eigenvalue weighted by molar-refractivity contribution is 7.18. The Morgan fingerprint density at radius 3 is 2.76 bits per heavy atom. The van der Waals surface area contributed by atoms with E-state index >= 15 is 0 Å². The number of aryl methyl sites for hydroxylation is 1. The molecule has 1 heterocycles. The third-order valence-electron chi connectivity index (χ3n) is 3.70. The molecule has 2 rings (SSSR count). The number of carbonyl (C=O) groups is 2. The summed E-state index contributed by atoms with van der Waals surface area (Å²) < 4.78 is 0. The van der Waals surface area contributed by atoms with Gasteiger partial charge in [0.05, 0.1) is 0 Å². The molecular weight excluding hydrogens is 336 g/mol. The van der Waals surface area contributed by atoms with Crippen molar-refractivity contribution in [2.45, 2.75) is 52.5 Å². The standard InChI is InChI=1S/C18H24N4O2S/c1-4-5-6-10-15(23)19-13(3)16(24)20-18-22-21-17(25-18)14-9-7-8-12(2)11-14/h7-9,11,13H,4-6,10H2,1-3H3,(H,19,23)(H,20,22,24). The molecule has 2 amide bonds. The highest BCUT2D eigenvalue weighted by Gasteiger charge is 2.17. The van der Waals surface area contributed by atoms with E-state index in [2.05, 4.69) is 27.8 Å². The maximum atomic E-state index is 12.2. The molecule has 7 heteroatoms. The van der Waals surface area contributed by atoms with Gasteiger partial charge in [0.25, 0.3) is 0 Å². The lowest BCUT2D eigenvalue weighted by molar-refractivity contribution is -0.126. The van der Waals surface area contributed by atoms with Gasteiger partial charge in [0.15, 0.2) is 0 Å². The Hall–Kier alpha value is -2.28. The van der Waals surface area contributed by atoms with Gasteiger partial charge in [0, 0.05) is 12.0 Å². The molecule has 1 aromatic heterocycles. The number of rotatable bonds is 8. The SMILES string of the molecule is CCCCCC(=O)NC(C)C(=O)Nc1nnc(-c2cccc(C)c2)s1. The van der Waals surface area contributed by atoms with Crippen LogP contribution in [0.15, 0.2) is 24.3 Å². The molecule has 0 aliphatic heterocycles. The summed E-state index contributed by atoms with van der Waals surface area (Å²) in [6.07, 6.45) is 3.36. The largest absolute Gasteiger partial charge is 0.345 e. The predicted molar refractivity (Wildman–Crippen MR) is 100 cm³/mol. The normalized spacial score (nSPS) is 11.8. The van der Waals surface area contributed by atoms with E-state index in [0.29, 0.717) is 11.6 Å². The van der Waals surface area contributed by atoms with E-state index in [1.165, 1.54) is 11.3 Å². The van der Waals surface area contributed by atoms with Crippen LogP contribution in [0.2, 0.25) is 0 Å². The van der Waals surface area contributed by atoms with E-state index in [-0.39, 0.29) is 11.8 Å². The number of hydrogen-bond donors (Lipinski definition) is 2. The monoisotopic (exact) mass is 360 g/mol. The highest BCUT2D eigenvalue weighted by atomic mass is 32.1. The molecule has 0 saturated carbocycles. The number of amides is 2. The van der Waals surface area contributed by atoms with Crippen LogP contribution in [0.3, 0.4) is 0 Å². The molecule has 134 valence electrons. The second-order valence-electron chi connectivity index (χ2n) is 6.02. The maximum absolute atomic E-state index is 12.2. The molecule has 0 bridgehead atoms. The lowest BCUT2D eigenvalue weighted by Gasteiger charge is -2.12. The Bertz CT molecular complexity index is 729. The molecule has 25 heavy (non-hydrogen) atoms. The molecule has 1 atom stereocenters. The van der Waals surface area contributed by atoms with Crippen molar-refractivity contribution < 1.29 is 9.59 Å². The van der Waals surface area contributed by atoms with Gasteiger partial charge >= 0.3 is 0 Å². The van der Waals surface area contributed by atoms with Gasteiger partial charge in [-0.05, 0) is 26.3 Å². The minimum absolute atomic E-state index is 0.103. The lowest BCUT2D eigenvalue weighted by Crippen LogP contribution is -2.41. The van der Waals surface area contributed by atoms with Gasteiger partial charge in [-0.25, -0.2) is 0 Å². The van der Waals surface area contributed by atoms with Crippen molar-refractivity contribution >= 4 is 28.3 Å². The predicted octanol–water partition coefficient (Wildman–Crippen LogP) is 3.54. The van der Waals surface area contributed by atoms with Crippen LogP contribution < -0.4 is 10.6 Å². The second kappa shape index (κ2) is 9.27. The molecule has 0 radical (unpaired) electrons. The zero-order valence-corrected chi connectivity index (χ0v) is 15.7. The first kappa shape index (κ1) is 19.1. The minimum Gasteiger partial charge on any atom is -0.345 e. The third-order valence-corrected chi connectivity index (χ3v) is 4.59. The molecule has 1 aromatic carbocycles. The quantitative estimate of drug-likeness (QED) is 0.705. The van der Waals surface area contributed by atoms with Crippen molar-refractivity contribution in [3.05, 3.63) is 29.8 Å². The summed E-state index contributed by atoms with van der Waals surface area (Å²) in [4.78, 5) is 24.0. The Kier molecular flexibility index (Phi) is 7.06. The molecule has 1 unspecified atom stereocenters. The molecular formula is C18H24N4O2S. The Balaban J connectivity index is 1.89. The van der Waals surface area contributed by atoms with Crippen molar-refractivity contribution in [3.63, 3.8) is 0 Å². The fraction of sp³-hybridized carbons (Fsp3) is 0.444. The number of nitrogens with zero attached hydrogens (tertiary/aromatic N) is 2. The van der Waals surface area contributed by atoms with Crippen LogP contribution >= 0.6 is 11.3 Å². The molecule has 2 N–H and O–H groups in total.